The molecule has 45 heavy (non-hydrogen) atoms. The number of phenols is 1. The number of carbonyl (C=O) groups is 4. The summed E-state index contributed by atoms with van der Waals surface area (Å²) in [6, 6.07) is 19.4. The largest absolute Gasteiger partial charge is 0.507 e. The van der Waals surface area contributed by atoms with Crippen LogP contribution >= 0.6 is 11.6 Å². The van der Waals surface area contributed by atoms with Crippen LogP contribution < -0.4 is 10.6 Å². The van der Waals surface area contributed by atoms with Crippen molar-refractivity contribution in [2.75, 3.05) is 39.3 Å². The first-order chi connectivity index (χ1) is 21.8. The van der Waals surface area contributed by atoms with Crippen molar-refractivity contribution in [2.24, 2.45) is 5.92 Å². The number of piperidine rings is 1. The second-order valence-electron chi connectivity index (χ2n) is 11.6. The zero-order chi connectivity index (χ0) is 31.8. The minimum atomic E-state index is -0.228. The molecule has 236 valence electrons. The highest BCUT2D eigenvalue weighted by atomic mass is 35.5. The molecule has 0 aromatic heterocycles. The fourth-order valence-corrected chi connectivity index (χ4v) is 6.18. The molecule has 1 fully saturated rings. The lowest BCUT2D eigenvalue weighted by molar-refractivity contribution is -0.137. The van der Waals surface area contributed by atoms with Crippen molar-refractivity contribution in [3.05, 3.63) is 88.4 Å². The van der Waals surface area contributed by atoms with Crippen molar-refractivity contribution in [2.45, 2.75) is 38.5 Å². The van der Waals surface area contributed by atoms with Gasteiger partial charge in [-0.05, 0) is 79.6 Å². The average Bonchev–Trinajstić information content (AvgIpc) is 3.06. The lowest BCUT2D eigenvalue weighted by atomic mass is 9.94. The minimum Gasteiger partial charge on any atom is -0.507 e. The summed E-state index contributed by atoms with van der Waals surface area (Å²) in [7, 11) is 0. The number of benzene rings is 3. The number of nitrogens with zero attached hydrogens (tertiary/aromatic N) is 2. The van der Waals surface area contributed by atoms with Crippen molar-refractivity contribution in [3.63, 3.8) is 0 Å². The quantitative estimate of drug-likeness (QED) is 0.380. The van der Waals surface area contributed by atoms with Crippen LogP contribution in [0.1, 0.15) is 58.4 Å². The Labute approximate surface area is 268 Å². The Morgan fingerprint density at radius 2 is 1.53 bits per heavy atom. The van der Waals surface area contributed by atoms with E-state index in [0.717, 1.165) is 11.1 Å². The van der Waals surface area contributed by atoms with Crippen molar-refractivity contribution < 1.29 is 24.3 Å². The summed E-state index contributed by atoms with van der Waals surface area (Å²) in [4.78, 5) is 55.9. The second kappa shape index (κ2) is 15.1. The highest BCUT2D eigenvalue weighted by Gasteiger charge is 2.31. The SMILES string of the molecule is O=C1CCCN(C(=O)C2CCN(C(=O)c3ccccc3Cl)CC2)CCCNC(=O)c2cccc(c2)-c2cc(ccc2O)CCN1. The van der Waals surface area contributed by atoms with Crippen molar-refractivity contribution >= 4 is 35.2 Å². The zero-order valence-corrected chi connectivity index (χ0v) is 26.0. The smallest absolute Gasteiger partial charge is 0.255 e. The summed E-state index contributed by atoms with van der Waals surface area (Å²) in [6.07, 6.45) is 3.04. The Morgan fingerprint density at radius 3 is 2.33 bits per heavy atom. The third-order valence-corrected chi connectivity index (χ3v) is 8.83. The number of nitrogens with one attached hydrogen (secondary N) is 2. The Balaban J connectivity index is 1.24. The number of carbonyl (C=O) groups excluding carboxylic acids is 4. The van der Waals surface area contributed by atoms with E-state index in [1.54, 1.807) is 58.3 Å². The number of amides is 4. The van der Waals surface area contributed by atoms with E-state index in [0.29, 0.717) is 93.1 Å². The van der Waals surface area contributed by atoms with Crippen LogP contribution in [0.5, 0.6) is 5.75 Å². The van der Waals surface area contributed by atoms with Crippen LogP contribution in [-0.4, -0.2) is 77.8 Å². The van der Waals surface area contributed by atoms with Gasteiger partial charge in [-0.2, -0.15) is 0 Å². The molecule has 3 N–H and O–H groups in total. The number of halogens is 1. The molecule has 0 atom stereocenters. The third kappa shape index (κ3) is 8.22. The van der Waals surface area contributed by atoms with Crippen LogP contribution in [0.3, 0.4) is 0 Å². The number of aromatic hydroxyl groups is 1. The topological polar surface area (TPSA) is 119 Å². The van der Waals surface area contributed by atoms with Crippen molar-refractivity contribution in [3.8, 4) is 16.9 Å². The van der Waals surface area contributed by atoms with Gasteiger partial charge in [0.15, 0.2) is 0 Å². The van der Waals surface area contributed by atoms with Crippen molar-refractivity contribution in [1.29, 1.82) is 0 Å². The number of phenolic OH excluding ortho intramolecular Hbond substituents is 1. The number of rotatable bonds is 2. The van der Waals surface area contributed by atoms with E-state index < -0.39 is 0 Å². The lowest BCUT2D eigenvalue weighted by Crippen LogP contribution is -2.45. The van der Waals surface area contributed by atoms with E-state index in [1.807, 2.05) is 18.2 Å². The fourth-order valence-electron chi connectivity index (χ4n) is 5.96. The van der Waals surface area contributed by atoms with Crippen LogP contribution in [0.4, 0.5) is 0 Å². The van der Waals surface area contributed by atoms with Crippen LogP contribution in [0, 0.1) is 5.92 Å². The Kier molecular flexibility index (Phi) is 10.7. The van der Waals surface area contributed by atoms with Gasteiger partial charge in [0.25, 0.3) is 11.8 Å². The second-order valence-corrected chi connectivity index (χ2v) is 12.0. The third-order valence-electron chi connectivity index (χ3n) is 8.50. The molecule has 0 radical (unpaired) electrons. The highest BCUT2D eigenvalue weighted by Crippen LogP contribution is 2.31. The summed E-state index contributed by atoms with van der Waals surface area (Å²) < 4.78 is 0. The molecule has 2 aliphatic rings. The Bertz CT molecular complexity index is 1550. The predicted octanol–water partition coefficient (Wildman–Crippen LogP) is 4.67. The van der Waals surface area contributed by atoms with E-state index in [-0.39, 0.29) is 41.7 Å². The van der Waals surface area contributed by atoms with Gasteiger partial charge in [0.05, 0.1) is 10.6 Å². The molecule has 2 heterocycles. The molecule has 0 aliphatic carbocycles. The molecular formula is C35H39ClN4O5. The van der Waals surface area contributed by atoms with E-state index in [1.165, 1.54) is 0 Å². The molecule has 9 nitrogen and oxygen atoms in total. The molecule has 0 unspecified atom stereocenters. The van der Waals surface area contributed by atoms with Gasteiger partial charge in [0, 0.05) is 62.7 Å². The van der Waals surface area contributed by atoms with Gasteiger partial charge in [-0.25, -0.2) is 0 Å². The highest BCUT2D eigenvalue weighted by molar-refractivity contribution is 6.33. The first-order valence-corrected chi connectivity index (χ1v) is 16.0. The monoisotopic (exact) mass is 630 g/mol. The summed E-state index contributed by atoms with van der Waals surface area (Å²) in [6.45, 7) is 2.62. The number of hydrogen-bond donors (Lipinski definition) is 3. The van der Waals surface area contributed by atoms with Gasteiger partial charge in [-0.15, -0.1) is 0 Å². The number of hydrogen-bond acceptors (Lipinski definition) is 5. The maximum atomic E-state index is 13.7. The lowest BCUT2D eigenvalue weighted by Gasteiger charge is -2.34. The summed E-state index contributed by atoms with van der Waals surface area (Å²) in [5.41, 5.74) is 3.24. The molecule has 1 saturated heterocycles. The maximum Gasteiger partial charge on any atom is 0.255 e. The molecular weight excluding hydrogens is 592 g/mol. The molecule has 3 aromatic carbocycles. The van der Waals surface area contributed by atoms with Gasteiger partial charge < -0.3 is 25.5 Å². The summed E-state index contributed by atoms with van der Waals surface area (Å²) >= 11 is 6.24. The van der Waals surface area contributed by atoms with E-state index >= 15 is 0 Å². The average molecular weight is 631 g/mol. The first kappa shape index (κ1) is 32.0. The first-order valence-electron chi connectivity index (χ1n) is 15.6. The Morgan fingerprint density at radius 1 is 0.778 bits per heavy atom. The molecule has 4 bridgehead atoms. The van der Waals surface area contributed by atoms with Gasteiger partial charge in [-0.3, -0.25) is 19.2 Å². The van der Waals surface area contributed by atoms with Crippen molar-refractivity contribution in [1.82, 2.24) is 20.4 Å². The molecule has 10 heteroatoms. The standard InChI is InChI=1S/C35H39ClN4O5/c36-30-9-2-1-8-28(30)35(45)40-20-14-25(15-21-40)34(44)39-18-4-10-32(42)37-17-13-24-11-12-31(41)29(22-24)26-6-3-7-27(23-26)33(43)38-16-5-19-39/h1-3,6-9,11-12,22-23,25,41H,4-5,10,13-21H2,(H,37,42)(H,38,43). The Hall–Kier alpha value is -4.37. The van der Waals surface area contributed by atoms with E-state index in [9.17, 15) is 24.3 Å². The molecule has 0 saturated carbocycles. The van der Waals surface area contributed by atoms with E-state index in [4.69, 9.17) is 11.6 Å². The summed E-state index contributed by atoms with van der Waals surface area (Å²) in [5, 5.41) is 16.8. The molecule has 0 spiro atoms. The summed E-state index contributed by atoms with van der Waals surface area (Å²) in [5.74, 6) is -0.521. The zero-order valence-electron chi connectivity index (χ0n) is 25.3. The van der Waals surface area contributed by atoms with Crippen LogP contribution in [0.25, 0.3) is 11.1 Å². The van der Waals surface area contributed by atoms with Crippen LogP contribution in [0.2, 0.25) is 5.02 Å². The predicted molar refractivity (Wildman–Crippen MR) is 173 cm³/mol. The molecule has 5 rings (SSSR count). The molecule has 4 amide bonds. The molecule has 3 aromatic rings. The number of fused-ring (bicyclic) bond motifs is 5. The van der Waals surface area contributed by atoms with Gasteiger partial charge >= 0.3 is 0 Å². The van der Waals surface area contributed by atoms with Gasteiger partial charge in [-0.1, -0.05) is 41.9 Å². The van der Waals surface area contributed by atoms with E-state index in [2.05, 4.69) is 10.6 Å². The van der Waals surface area contributed by atoms with Crippen LogP contribution in [-0.2, 0) is 16.0 Å². The maximum absolute atomic E-state index is 13.7. The minimum absolute atomic E-state index is 0.0178. The number of likely N-dealkylation sites (tertiary alicyclic amines) is 1. The normalized spacial score (nSPS) is 17.4. The van der Waals surface area contributed by atoms with Gasteiger partial charge in [0.2, 0.25) is 11.8 Å². The molecule has 2 aliphatic heterocycles. The fraction of sp³-hybridized carbons (Fsp3) is 0.371. The van der Waals surface area contributed by atoms with Crippen LogP contribution in [0.15, 0.2) is 66.7 Å². The van der Waals surface area contributed by atoms with Gasteiger partial charge in [0.1, 0.15) is 5.75 Å².